The fourth-order valence-electron chi connectivity index (χ4n) is 2.67. The zero-order chi connectivity index (χ0) is 13.1. The number of nitrogens with zero attached hydrogens (tertiary/aromatic N) is 1. The molecule has 2 rings (SSSR count). The van der Waals surface area contributed by atoms with Crippen molar-refractivity contribution in [2.45, 2.75) is 51.6 Å². The fourth-order valence-corrected chi connectivity index (χ4v) is 3.89. The molecule has 1 saturated carbocycles. The van der Waals surface area contributed by atoms with Gasteiger partial charge < -0.3 is 10.2 Å². The number of thioether (sulfide) groups is 1. The van der Waals surface area contributed by atoms with Gasteiger partial charge in [-0.05, 0) is 31.6 Å². The van der Waals surface area contributed by atoms with Gasteiger partial charge in [-0.25, -0.2) is 0 Å². The lowest BCUT2D eigenvalue weighted by atomic mass is 9.87. The summed E-state index contributed by atoms with van der Waals surface area (Å²) in [6.45, 7) is 3.80. The van der Waals surface area contributed by atoms with Crippen LogP contribution in [0.25, 0.3) is 0 Å². The topological polar surface area (TPSA) is 49.4 Å². The highest BCUT2D eigenvalue weighted by molar-refractivity contribution is 7.99. The SMILES string of the molecule is CC(=O)N1CSC[C@@H]1C(=O)NC1CCC(C)CC1. The monoisotopic (exact) mass is 270 g/mol. The van der Waals surface area contributed by atoms with Crippen molar-refractivity contribution in [3.05, 3.63) is 0 Å². The zero-order valence-corrected chi connectivity index (χ0v) is 12.0. The lowest BCUT2D eigenvalue weighted by Crippen LogP contribution is -2.50. The van der Waals surface area contributed by atoms with Crippen LogP contribution < -0.4 is 5.32 Å². The number of hydrogen-bond acceptors (Lipinski definition) is 3. The van der Waals surface area contributed by atoms with Gasteiger partial charge in [-0.2, -0.15) is 0 Å². The van der Waals surface area contributed by atoms with Gasteiger partial charge in [0.05, 0.1) is 5.88 Å². The molecule has 1 N–H and O–H groups in total. The van der Waals surface area contributed by atoms with Crippen molar-refractivity contribution >= 4 is 23.6 Å². The molecule has 1 aliphatic heterocycles. The molecular formula is C13H22N2O2S. The summed E-state index contributed by atoms with van der Waals surface area (Å²) in [4.78, 5) is 25.3. The summed E-state index contributed by atoms with van der Waals surface area (Å²) in [6, 6.07) is 0.0555. The first-order valence-corrected chi connectivity index (χ1v) is 7.88. The van der Waals surface area contributed by atoms with E-state index in [0.717, 1.165) is 24.5 Å². The average Bonchev–Trinajstić information content (AvgIpc) is 2.81. The third kappa shape index (κ3) is 3.19. The predicted molar refractivity (Wildman–Crippen MR) is 73.2 cm³/mol. The Morgan fingerprint density at radius 2 is 1.89 bits per heavy atom. The Bertz CT molecular complexity index is 327. The Balaban J connectivity index is 1.86. The van der Waals surface area contributed by atoms with Crippen LogP contribution >= 0.6 is 11.8 Å². The number of amides is 2. The summed E-state index contributed by atoms with van der Waals surface area (Å²) in [6.07, 6.45) is 4.54. The standard InChI is InChI=1S/C13H22N2O2S/c1-9-3-5-11(6-4-9)14-13(17)12-7-18-8-15(12)10(2)16/h9,11-12H,3-8H2,1-2H3,(H,14,17)/t9?,11?,12-/m1/s1. The van der Waals surface area contributed by atoms with E-state index in [-0.39, 0.29) is 17.9 Å². The zero-order valence-electron chi connectivity index (χ0n) is 11.1. The molecule has 0 aromatic carbocycles. The van der Waals surface area contributed by atoms with E-state index >= 15 is 0 Å². The quantitative estimate of drug-likeness (QED) is 0.829. The van der Waals surface area contributed by atoms with Gasteiger partial charge >= 0.3 is 0 Å². The van der Waals surface area contributed by atoms with E-state index in [1.807, 2.05) is 0 Å². The molecule has 0 radical (unpaired) electrons. The van der Waals surface area contributed by atoms with Gasteiger partial charge in [0.15, 0.2) is 0 Å². The van der Waals surface area contributed by atoms with Crippen molar-refractivity contribution in [3.8, 4) is 0 Å². The minimum atomic E-state index is -0.258. The summed E-state index contributed by atoms with van der Waals surface area (Å²) >= 11 is 1.65. The van der Waals surface area contributed by atoms with Crippen molar-refractivity contribution in [3.63, 3.8) is 0 Å². The maximum absolute atomic E-state index is 12.2. The minimum absolute atomic E-state index is 0.00239. The maximum Gasteiger partial charge on any atom is 0.243 e. The first-order valence-electron chi connectivity index (χ1n) is 6.73. The summed E-state index contributed by atoms with van der Waals surface area (Å²) in [7, 11) is 0. The van der Waals surface area contributed by atoms with Crippen LogP contribution in [0.15, 0.2) is 0 Å². The molecular weight excluding hydrogens is 248 g/mol. The first kappa shape index (κ1) is 13.7. The average molecular weight is 270 g/mol. The van der Waals surface area contributed by atoms with Gasteiger partial charge in [0, 0.05) is 18.7 Å². The Hall–Kier alpha value is -0.710. The number of hydrogen-bond donors (Lipinski definition) is 1. The van der Waals surface area contributed by atoms with Crippen LogP contribution in [0.4, 0.5) is 0 Å². The summed E-state index contributed by atoms with van der Waals surface area (Å²) in [5.41, 5.74) is 0. The van der Waals surface area contributed by atoms with E-state index in [1.54, 1.807) is 16.7 Å². The molecule has 102 valence electrons. The molecule has 1 saturated heterocycles. The van der Waals surface area contributed by atoms with Crippen LogP contribution in [-0.4, -0.2) is 40.4 Å². The second-order valence-electron chi connectivity index (χ2n) is 5.47. The van der Waals surface area contributed by atoms with E-state index in [0.29, 0.717) is 11.9 Å². The fraction of sp³-hybridized carbons (Fsp3) is 0.846. The molecule has 2 amide bonds. The van der Waals surface area contributed by atoms with Gasteiger partial charge in [-0.15, -0.1) is 11.8 Å². The summed E-state index contributed by atoms with van der Waals surface area (Å²) < 4.78 is 0. The van der Waals surface area contributed by atoms with Crippen LogP contribution in [0.2, 0.25) is 0 Å². The van der Waals surface area contributed by atoms with Gasteiger partial charge in [-0.1, -0.05) is 6.92 Å². The molecule has 0 unspecified atom stereocenters. The Morgan fingerprint density at radius 3 is 2.50 bits per heavy atom. The second kappa shape index (κ2) is 5.95. The Morgan fingerprint density at radius 1 is 1.22 bits per heavy atom. The van der Waals surface area contributed by atoms with Gasteiger partial charge in [-0.3, -0.25) is 9.59 Å². The first-order chi connectivity index (χ1) is 8.58. The molecule has 2 fully saturated rings. The molecule has 0 bridgehead atoms. The van der Waals surface area contributed by atoms with E-state index in [4.69, 9.17) is 0 Å². The molecule has 18 heavy (non-hydrogen) atoms. The number of nitrogens with one attached hydrogen (secondary N) is 1. The van der Waals surface area contributed by atoms with E-state index in [2.05, 4.69) is 12.2 Å². The van der Waals surface area contributed by atoms with Crippen molar-refractivity contribution in [1.29, 1.82) is 0 Å². The molecule has 0 aromatic rings. The van der Waals surface area contributed by atoms with Crippen LogP contribution in [-0.2, 0) is 9.59 Å². The van der Waals surface area contributed by atoms with Gasteiger partial charge in [0.25, 0.3) is 0 Å². The lowest BCUT2D eigenvalue weighted by Gasteiger charge is -2.29. The Labute approximate surface area is 113 Å². The third-order valence-electron chi connectivity index (χ3n) is 3.95. The van der Waals surface area contributed by atoms with Crippen LogP contribution in [0.5, 0.6) is 0 Å². The molecule has 5 heteroatoms. The van der Waals surface area contributed by atoms with Crippen LogP contribution in [0, 0.1) is 5.92 Å². The molecule has 1 aliphatic carbocycles. The van der Waals surface area contributed by atoms with Crippen molar-refractivity contribution < 1.29 is 9.59 Å². The molecule has 1 atom stereocenters. The lowest BCUT2D eigenvalue weighted by molar-refractivity contribution is -0.136. The smallest absolute Gasteiger partial charge is 0.243 e. The maximum atomic E-state index is 12.2. The Kier molecular flexibility index (Phi) is 4.54. The molecule has 4 nitrogen and oxygen atoms in total. The third-order valence-corrected chi connectivity index (χ3v) is 4.96. The van der Waals surface area contributed by atoms with Crippen LogP contribution in [0.1, 0.15) is 39.5 Å². The summed E-state index contributed by atoms with van der Waals surface area (Å²) in [5, 5.41) is 3.12. The van der Waals surface area contributed by atoms with Gasteiger partial charge in [0.1, 0.15) is 6.04 Å². The van der Waals surface area contributed by atoms with E-state index in [1.165, 1.54) is 19.8 Å². The van der Waals surface area contributed by atoms with Gasteiger partial charge in [0.2, 0.25) is 11.8 Å². The highest BCUT2D eigenvalue weighted by atomic mass is 32.2. The van der Waals surface area contributed by atoms with E-state index < -0.39 is 0 Å². The van der Waals surface area contributed by atoms with Crippen molar-refractivity contribution in [2.75, 3.05) is 11.6 Å². The molecule has 0 spiro atoms. The van der Waals surface area contributed by atoms with E-state index in [9.17, 15) is 9.59 Å². The molecule has 0 aromatic heterocycles. The number of rotatable bonds is 2. The van der Waals surface area contributed by atoms with Crippen molar-refractivity contribution in [1.82, 2.24) is 10.2 Å². The van der Waals surface area contributed by atoms with Crippen LogP contribution in [0.3, 0.4) is 0 Å². The molecule has 1 heterocycles. The summed E-state index contributed by atoms with van der Waals surface area (Å²) in [5.74, 6) is 2.20. The predicted octanol–water partition coefficient (Wildman–Crippen LogP) is 1.60. The highest BCUT2D eigenvalue weighted by Gasteiger charge is 2.34. The van der Waals surface area contributed by atoms with Crippen molar-refractivity contribution in [2.24, 2.45) is 5.92 Å². The highest BCUT2D eigenvalue weighted by Crippen LogP contribution is 2.25. The normalized spacial score (nSPS) is 32.3. The second-order valence-corrected chi connectivity index (χ2v) is 6.47. The minimum Gasteiger partial charge on any atom is -0.352 e. The number of carbonyl (C=O) groups is 2. The number of carbonyl (C=O) groups excluding carboxylic acids is 2. The largest absolute Gasteiger partial charge is 0.352 e. The molecule has 2 aliphatic rings.